The van der Waals surface area contributed by atoms with Gasteiger partial charge in [0.25, 0.3) is 5.91 Å². The van der Waals surface area contributed by atoms with Gasteiger partial charge in [-0.15, -0.1) is 0 Å². The lowest BCUT2D eigenvalue weighted by atomic mass is 9.82. The maximum absolute atomic E-state index is 12.4. The van der Waals surface area contributed by atoms with Crippen LogP contribution in [0.2, 0.25) is 0 Å². The van der Waals surface area contributed by atoms with Crippen molar-refractivity contribution in [3.05, 3.63) is 95.1 Å². The van der Waals surface area contributed by atoms with E-state index in [4.69, 9.17) is 11.5 Å². The summed E-state index contributed by atoms with van der Waals surface area (Å²) in [6.07, 6.45) is 0. The number of rotatable bonds is 3. The van der Waals surface area contributed by atoms with E-state index in [2.05, 4.69) is 5.32 Å². The zero-order valence-corrected chi connectivity index (χ0v) is 13.6. The van der Waals surface area contributed by atoms with Crippen LogP contribution in [0.1, 0.15) is 39.0 Å². The van der Waals surface area contributed by atoms with Crippen LogP contribution in [0.5, 0.6) is 0 Å². The van der Waals surface area contributed by atoms with Crippen molar-refractivity contribution in [1.29, 1.82) is 0 Å². The molecule has 4 heteroatoms. The van der Waals surface area contributed by atoms with Gasteiger partial charge in [0.15, 0.2) is 0 Å². The summed E-state index contributed by atoms with van der Waals surface area (Å²) >= 11 is 0. The van der Waals surface area contributed by atoms with Gasteiger partial charge < -0.3 is 16.8 Å². The summed E-state index contributed by atoms with van der Waals surface area (Å²) in [5.74, 6) is -0.0507. The molecule has 3 aromatic rings. The van der Waals surface area contributed by atoms with Crippen LogP contribution in [0.25, 0.3) is 0 Å². The van der Waals surface area contributed by atoms with Crippen molar-refractivity contribution in [2.45, 2.75) is 12.0 Å². The van der Waals surface area contributed by atoms with Crippen molar-refractivity contribution in [3.63, 3.8) is 0 Å². The molecule has 3 aromatic carbocycles. The van der Waals surface area contributed by atoms with Crippen LogP contribution >= 0.6 is 0 Å². The zero-order chi connectivity index (χ0) is 17.4. The van der Waals surface area contributed by atoms with Crippen LogP contribution in [-0.4, -0.2) is 5.91 Å². The minimum Gasteiger partial charge on any atom is -0.399 e. The Balaban J connectivity index is 1.85. The molecule has 0 saturated carbocycles. The maximum atomic E-state index is 12.4. The van der Waals surface area contributed by atoms with E-state index in [1.165, 1.54) is 0 Å². The predicted molar refractivity (Wildman–Crippen MR) is 100 cm³/mol. The van der Waals surface area contributed by atoms with E-state index in [-0.39, 0.29) is 17.9 Å². The van der Waals surface area contributed by atoms with Gasteiger partial charge in [-0.2, -0.15) is 0 Å². The van der Waals surface area contributed by atoms with Gasteiger partial charge in [0, 0.05) is 22.9 Å². The molecule has 25 heavy (non-hydrogen) atoms. The van der Waals surface area contributed by atoms with E-state index in [0.717, 1.165) is 33.6 Å². The Morgan fingerprint density at radius 3 is 1.84 bits per heavy atom. The van der Waals surface area contributed by atoms with Crippen LogP contribution in [0.15, 0.2) is 72.8 Å². The molecular formula is C21H19N3O. The third kappa shape index (κ3) is 2.72. The minimum atomic E-state index is -0.129. The average Bonchev–Trinajstić information content (AvgIpc) is 2.96. The minimum absolute atomic E-state index is 0.0196. The first kappa shape index (κ1) is 15.3. The van der Waals surface area contributed by atoms with Crippen LogP contribution in [0, 0.1) is 0 Å². The standard InChI is InChI=1S/C21H19N3O/c22-15-9-5-13(6-10-15)19(14-7-11-16(23)12-8-14)20-17-3-1-2-4-18(17)21(25)24-20/h1-12,19-20H,22-23H2,(H,24,25)/t20-/m1/s1. The Kier molecular flexibility index (Phi) is 3.65. The van der Waals surface area contributed by atoms with Crippen molar-refractivity contribution in [3.8, 4) is 0 Å². The lowest BCUT2D eigenvalue weighted by molar-refractivity contribution is 0.0954. The van der Waals surface area contributed by atoms with E-state index in [0.29, 0.717) is 0 Å². The van der Waals surface area contributed by atoms with Gasteiger partial charge in [-0.1, -0.05) is 42.5 Å². The van der Waals surface area contributed by atoms with Crippen LogP contribution in [-0.2, 0) is 0 Å². The van der Waals surface area contributed by atoms with E-state index in [1.54, 1.807) is 0 Å². The van der Waals surface area contributed by atoms with Gasteiger partial charge in [0.1, 0.15) is 0 Å². The first-order chi connectivity index (χ1) is 12.1. The normalized spacial score (nSPS) is 15.9. The number of benzene rings is 3. The molecule has 0 spiro atoms. The third-order valence-electron chi connectivity index (χ3n) is 4.75. The second-order valence-electron chi connectivity index (χ2n) is 6.35. The van der Waals surface area contributed by atoms with Gasteiger partial charge in [-0.3, -0.25) is 4.79 Å². The van der Waals surface area contributed by atoms with Gasteiger partial charge in [-0.25, -0.2) is 0 Å². The van der Waals surface area contributed by atoms with Crippen molar-refractivity contribution in [2.24, 2.45) is 0 Å². The number of nitrogens with two attached hydrogens (primary N) is 2. The molecule has 124 valence electrons. The highest BCUT2D eigenvalue weighted by molar-refractivity contribution is 5.99. The highest BCUT2D eigenvalue weighted by Gasteiger charge is 2.35. The molecule has 1 aliphatic rings. The summed E-state index contributed by atoms with van der Waals surface area (Å²) in [7, 11) is 0. The number of carbonyl (C=O) groups is 1. The Hall–Kier alpha value is -3.27. The zero-order valence-electron chi connectivity index (χ0n) is 13.6. The molecule has 0 fully saturated rings. The average molecular weight is 329 g/mol. The summed E-state index contributed by atoms with van der Waals surface area (Å²) in [6, 6.07) is 23.2. The molecule has 0 radical (unpaired) electrons. The van der Waals surface area contributed by atoms with E-state index in [1.807, 2.05) is 72.8 Å². The number of hydrogen-bond acceptors (Lipinski definition) is 3. The lowest BCUT2D eigenvalue weighted by Gasteiger charge is -2.26. The first-order valence-electron chi connectivity index (χ1n) is 8.24. The highest BCUT2D eigenvalue weighted by Crippen LogP contribution is 2.41. The predicted octanol–water partition coefficient (Wildman–Crippen LogP) is 3.47. The van der Waals surface area contributed by atoms with Gasteiger partial charge in [0.2, 0.25) is 0 Å². The van der Waals surface area contributed by atoms with E-state index < -0.39 is 0 Å². The monoisotopic (exact) mass is 329 g/mol. The van der Waals surface area contributed by atoms with Crippen molar-refractivity contribution in [2.75, 3.05) is 11.5 Å². The fourth-order valence-corrected chi connectivity index (χ4v) is 3.52. The maximum Gasteiger partial charge on any atom is 0.252 e. The van der Waals surface area contributed by atoms with Gasteiger partial charge in [-0.05, 0) is 47.0 Å². The molecule has 1 heterocycles. The summed E-state index contributed by atoms with van der Waals surface area (Å²) in [4.78, 5) is 12.4. The SMILES string of the molecule is Nc1ccc(C(c2ccc(N)cc2)[C@@H]2NC(=O)c3ccccc32)cc1. The van der Waals surface area contributed by atoms with Crippen LogP contribution in [0.3, 0.4) is 0 Å². The summed E-state index contributed by atoms with van der Waals surface area (Å²) < 4.78 is 0. The molecule has 0 unspecified atom stereocenters. The van der Waals surface area contributed by atoms with Gasteiger partial charge in [0.05, 0.1) is 6.04 Å². The molecule has 0 bridgehead atoms. The summed E-state index contributed by atoms with van der Waals surface area (Å²) in [5.41, 5.74) is 17.1. The summed E-state index contributed by atoms with van der Waals surface area (Å²) in [6.45, 7) is 0. The third-order valence-corrected chi connectivity index (χ3v) is 4.75. The first-order valence-corrected chi connectivity index (χ1v) is 8.24. The molecule has 1 amide bonds. The molecule has 1 atom stereocenters. The lowest BCUT2D eigenvalue weighted by Crippen LogP contribution is -2.25. The fourth-order valence-electron chi connectivity index (χ4n) is 3.52. The highest BCUT2D eigenvalue weighted by atomic mass is 16.2. The molecule has 4 rings (SSSR count). The Morgan fingerprint density at radius 2 is 1.28 bits per heavy atom. The Labute approximate surface area is 146 Å². The van der Waals surface area contributed by atoms with Crippen LogP contribution in [0.4, 0.5) is 11.4 Å². The number of carbonyl (C=O) groups excluding carboxylic acids is 1. The largest absolute Gasteiger partial charge is 0.399 e. The smallest absolute Gasteiger partial charge is 0.252 e. The second kappa shape index (κ2) is 5.98. The number of amides is 1. The Bertz CT molecular complexity index is 871. The topological polar surface area (TPSA) is 81.1 Å². The number of hydrogen-bond donors (Lipinski definition) is 3. The van der Waals surface area contributed by atoms with Crippen LogP contribution < -0.4 is 16.8 Å². The number of fused-ring (bicyclic) bond motifs is 1. The second-order valence-corrected chi connectivity index (χ2v) is 6.35. The number of nitrogens with one attached hydrogen (secondary N) is 1. The molecule has 1 aliphatic heterocycles. The van der Waals surface area contributed by atoms with Gasteiger partial charge >= 0.3 is 0 Å². The number of nitrogen functional groups attached to an aromatic ring is 2. The van der Waals surface area contributed by atoms with E-state index >= 15 is 0 Å². The quantitative estimate of drug-likeness (QED) is 0.644. The molecule has 5 N–H and O–H groups in total. The van der Waals surface area contributed by atoms with Crippen molar-refractivity contribution in [1.82, 2.24) is 5.32 Å². The fraction of sp³-hybridized carbons (Fsp3) is 0.0952. The van der Waals surface area contributed by atoms with Crippen molar-refractivity contribution < 1.29 is 4.79 Å². The molecule has 0 saturated heterocycles. The summed E-state index contributed by atoms with van der Waals surface area (Å²) in [5, 5.41) is 3.14. The Morgan fingerprint density at radius 1 is 0.760 bits per heavy atom. The van der Waals surface area contributed by atoms with E-state index in [9.17, 15) is 4.79 Å². The number of anilines is 2. The van der Waals surface area contributed by atoms with Crippen molar-refractivity contribution >= 4 is 17.3 Å². The molecule has 4 nitrogen and oxygen atoms in total. The molecule has 0 aliphatic carbocycles. The molecular weight excluding hydrogens is 310 g/mol. The molecule has 0 aromatic heterocycles.